The van der Waals surface area contributed by atoms with Crippen molar-refractivity contribution >= 4 is 17.8 Å². The summed E-state index contributed by atoms with van der Waals surface area (Å²) in [6.45, 7) is 0.331. The predicted octanol–water partition coefficient (Wildman–Crippen LogP) is 0.0596. The van der Waals surface area contributed by atoms with E-state index in [9.17, 15) is 14.4 Å². The van der Waals surface area contributed by atoms with E-state index in [1.54, 1.807) is 12.1 Å². The molecule has 2 rings (SSSR count). The number of nitrogens with zero attached hydrogens (tertiary/aromatic N) is 1. The van der Waals surface area contributed by atoms with Gasteiger partial charge in [0.2, 0.25) is 5.91 Å². The molecule has 0 unspecified atom stereocenters. The third-order valence-corrected chi connectivity index (χ3v) is 3.88. The average molecular weight is 320 g/mol. The monoisotopic (exact) mass is 320 g/mol. The van der Waals surface area contributed by atoms with Crippen LogP contribution in [0.25, 0.3) is 0 Å². The number of primary amides is 1. The summed E-state index contributed by atoms with van der Waals surface area (Å²) >= 11 is 0. The fourth-order valence-electron chi connectivity index (χ4n) is 2.48. The number of amides is 2. The summed E-state index contributed by atoms with van der Waals surface area (Å²) in [7, 11) is 0. The van der Waals surface area contributed by atoms with Gasteiger partial charge in [0.05, 0.1) is 18.1 Å². The van der Waals surface area contributed by atoms with Crippen LogP contribution < -0.4 is 5.73 Å². The SMILES string of the molecule is NC(=O)[C@H]1CCCN(C(=O)COC(=O)c2ccc(CO)cc2)C1. The normalized spacial score (nSPS) is 17.6. The number of rotatable bonds is 5. The fourth-order valence-corrected chi connectivity index (χ4v) is 2.48. The largest absolute Gasteiger partial charge is 0.452 e. The third-order valence-electron chi connectivity index (χ3n) is 3.88. The first kappa shape index (κ1) is 17.0. The first-order chi connectivity index (χ1) is 11.0. The van der Waals surface area contributed by atoms with Crippen molar-refractivity contribution in [1.82, 2.24) is 4.90 Å². The molecule has 1 fully saturated rings. The van der Waals surface area contributed by atoms with Crippen LogP contribution in [0, 0.1) is 5.92 Å². The van der Waals surface area contributed by atoms with Crippen LogP contribution in [0.1, 0.15) is 28.8 Å². The highest BCUT2D eigenvalue weighted by atomic mass is 16.5. The van der Waals surface area contributed by atoms with Crippen LogP contribution in [-0.2, 0) is 20.9 Å². The highest BCUT2D eigenvalue weighted by molar-refractivity contribution is 5.91. The Balaban J connectivity index is 1.85. The van der Waals surface area contributed by atoms with Crippen LogP contribution in [0.15, 0.2) is 24.3 Å². The second kappa shape index (κ2) is 7.73. The van der Waals surface area contributed by atoms with Crippen molar-refractivity contribution in [3.63, 3.8) is 0 Å². The lowest BCUT2D eigenvalue weighted by Crippen LogP contribution is -2.45. The number of carbonyl (C=O) groups is 3. The topological polar surface area (TPSA) is 110 Å². The Hall–Kier alpha value is -2.41. The molecule has 0 spiro atoms. The van der Waals surface area contributed by atoms with E-state index >= 15 is 0 Å². The lowest BCUT2D eigenvalue weighted by Gasteiger charge is -2.31. The highest BCUT2D eigenvalue weighted by Gasteiger charge is 2.27. The van der Waals surface area contributed by atoms with Crippen molar-refractivity contribution in [2.45, 2.75) is 19.4 Å². The van der Waals surface area contributed by atoms with Gasteiger partial charge in [0.1, 0.15) is 0 Å². The summed E-state index contributed by atoms with van der Waals surface area (Å²) in [5, 5.41) is 8.95. The van der Waals surface area contributed by atoms with Crippen LogP contribution in [0.5, 0.6) is 0 Å². The summed E-state index contributed by atoms with van der Waals surface area (Å²) in [5.74, 6) is -1.69. The first-order valence-corrected chi connectivity index (χ1v) is 7.45. The molecule has 0 aliphatic carbocycles. The van der Waals surface area contributed by atoms with Gasteiger partial charge in [-0.05, 0) is 30.5 Å². The van der Waals surface area contributed by atoms with Gasteiger partial charge in [0.25, 0.3) is 5.91 Å². The summed E-state index contributed by atoms with van der Waals surface area (Å²) in [6.07, 6.45) is 1.38. The molecule has 1 heterocycles. The molecule has 7 heteroatoms. The van der Waals surface area contributed by atoms with Crippen molar-refractivity contribution in [2.24, 2.45) is 11.7 Å². The molecular formula is C16H20N2O5. The molecule has 1 saturated heterocycles. The molecule has 1 aliphatic heterocycles. The van der Waals surface area contributed by atoms with E-state index in [4.69, 9.17) is 15.6 Å². The van der Waals surface area contributed by atoms with Crippen LogP contribution in [0.4, 0.5) is 0 Å². The number of ether oxygens (including phenoxy) is 1. The van der Waals surface area contributed by atoms with Crippen molar-refractivity contribution in [1.29, 1.82) is 0 Å². The molecule has 7 nitrogen and oxygen atoms in total. The van der Waals surface area contributed by atoms with Gasteiger partial charge in [0, 0.05) is 13.1 Å². The van der Waals surface area contributed by atoms with Crippen molar-refractivity contribution in [3.8, 4) is 0 Å². The van der Waals surface area contributed by atoms with Crippen LogP contribution in [-0.4, -0.2) is 47.5 Å². The third kappa shape index (κ3) is 4.53. The van der Waals surface area contributed by atoms with E-state index in [0.717, 1.165) is 0 Å². The molecule has 3 N–H and O–H groups in total. The second-order valence-corrected chi connectivity index (χ2v) is 5.51. The molecule has 1 aliphatic rings. The van der Waals surface area contributed by atoms with Gasteiger partial charge in [-0.25, -0.2) is 4.79 Å². The zero-order valence-electron chi connectivity index (χ0n) is 12.7. The standard InChI is InChI=1S/C16H20N2O5/c17-15(21)13-2-1-7-18(8-13)14(20)10-23-16(22)12-5-3-11(9-19)4-6-12/h3-6,13,19H,1-2,7-10H2,(H2,17,21)/t13-/m0/s1. The number of likely N-dealkylation sites (tertiary alicyclic amines) is 1. The Morgan fingerprint density at radius 1 is 1.26 bits per heavy atom. The Labute approximate surface area is 134 Å². The maximum Gasteiger partial charge on any atom is 0.338 e. The number of piperidine rings is 1. The molecule has 124 valence electrons. The van der Waals surface area contributed by atoms with Crippen molar-refractivity contribution < 1.29 is 24.2 Å². The predicted molar refractivity (Wildman–Crippen MR) is 81.1 cm³/mol. The lowest BCUT2D eigenvalue weighted by atomic mass is 9.97. The van der Waals surface area contributed by atoms with Gasteiger partial charge in [-0.1, -0.05) is 12.1 Å². The average Bonchev–Trinajstić information content (AvgIpc) is 2.59. The molecule has 1 atom stereocenters. The minimum atomic E-state index is -0.605. The molecule has 23 heavy (non-hydrogen) atoms. The highest BCUT2D eigenvalue weighted by Crippen LogP contribution is 2.16. The van der Waals surface area contributed by atoms with Crippen molar-refractivity contribution in [2.75, 3.05) is 19.7 Å². The van der Waals surface area contributed by atoms with Gasteiger partial charge in [-0.2, -0.15) is 0 Å². The zero-order chi connectivity index (χ0) is 16.8. The van der Waals surface area contributed by atoms with Crippen LogP contribution >= 0.6 is 0 Å². The van der Waals surface area contributed by atoms with Crippen LogP contribution in [0.3, 0.4) is 0 Å². The Bertz CT molecular complexity index is 585. The number of aliphatic hydroxyl groups excluding tert-OH is 1. The van der Waals surface area contributed by atoms with Gasteiger partial charge in [-0.15, -0.1) is 0 Å². The molecule has 0 bridgehead atoms. The number of aliphatic hydroxyl groups is 1. The maximum atomic E-state index is 12.1. The van der Waals surface area contributed by atoms with E-state index < -0.39 is 11.9 Å². The molecule has 2 amide bonds. The Morgan fingerprint density at radius 3 is 2.57 bits per heavy atom. The van der Waals surface area contributed by atoms with E-state index in [1.807, 2.05) is 0 Å². The van der Waals surface area contributed by atoms with Gasteiger partial charge in [0.15, 0.2) is 6.61 Å². The molecule has 1 aromatic carbocycles. The molecule has 0 aromatic heterocycles. The van der Waals surface area contributed by atoms with Gasteiger partial charge in [-0.3, -0.25) is 9.59 Å². The quantitative estimate of drug-likeness (QED) is 0.746. The van der Waals surface area contributed by atoms with E-state index in [1.165, 1.54) is 17.0 Å². The Kier molecular flexibility index (Phi) is 5.70. The number of hydrogen-bond donors (Lipinski definition) is 2. The minimum absolute atomic E-state index is 0.107. The van der Waals surface area contributed by atoms with E-state index in [2.05, 4.69) is 0 Å². The Morgan fingerprint density at radius 2 is 1.96 bits per heavy atom. The number of esters is 1. The minimum Gasteiger partial charge on any atom is -0.452 e. The molecule has 0 radical (unpaired) electrons. The van der Waals surface area contributed by atoms with Gasteiger partial charge < -0.3 is 20.5 Å². The first-order valence-electron chi connectivity index (χ1n) is 7.45. The number of nitrogens with two attached hydrogens (primary N) is 1. The summed E-state index contributed by atoms with van der Waals surface area (Å²) < 4.78 is 5.00. The summed E-state index contributed by atoms with van der Waals surface area (Å²) in [5.41, 5.74) is 6.26. The maximum absolute atomic E-state index is 12.1. The molecule has 1 aromatic rings. The molecule has 0 saturated carbocycles. The van der Waals surface area contributed by atoms with Crippen molar-refractivity contribution in [3.05, 3.63) is 35.4 Å². The zero-order valence-corrected chi connectivity index (χ0v) is 12.7. The second-order valence-electron chi connectivity index (χ2n) is 5.51. The number of carbonyl (C=O) groups excluding carboxylic acids is 3. The fraction of sp³-hybridized carbons (Fsp3) is 0.438. The summed E-state index contributed by atoms with van der Waals surface area (Å²) in [4.78, 5) is 36.6. The van der Waals surface area contributed by atoms with Gasteiger partial charge >= 0.3 is 5.97 Å². The smallest absolute Gasteiger partial charge is 0.338 e. The van der Waals surface area contributed by atoms with Crippen LogP contribution in [0.2, 0.25) is 0 Å². The van der Waals surface area contributed by atoms with E-state index in [0.29, 0.717) is 30.5 Å². The molecular weight excluding hydrogens is 300 g/mol. The number of hydrogen-bond acceptors (Lipinski definition) is 5. The lowest BCUT2D eigenvalue weighted by molar-refractivity contribution is -0.137. The summed E-state index contributed by atoms with van der Waals surface area (Å²) in [6, 6.07) is 6.28. The number of benzene rings is 1. The van der Waals surface area contributed by atoms with E-state index in [-0.39, 0.29) is 31.6 Å².